The zero-order valence-corrected chi connectivity index (χ0v) is 10.2. The molecule has 0 aliphatic heterocycles. The Balaban J connectivity index is 1.93. The highest BCUT2D eigenvalue weighted by Crippen LogP contribution is 2.25. The van der Waals surface area contributed by atoms with E-state index in [1.54, 1.807) is 7.11 Å². The summed E-state index contributed by atoms with van der Waals surface area (Å²) in [7, 11) is 1.73. The molecular formula is C14H21NO. The van der Waals surface area contributed by atoms with Crippen LogP contribution in [0.5, 0.6) is 5.75 Å². The second-order valence-corrected chi connectivity index (χ2v) is 4.71. The largest absolute Gasteiger partial charge is 0.496 e. The third kappa shape index (κ3) is 2.56. The van der Waals surface area contributed by atoms with E-state index in [9.17, 15) is 0 Å². The SMILES string of the molecule is COc1ccccc1CNC1CCCC1C. The van der Waals surface area contributed by atoms with E-state index in [2.05, 4.69) is 24.4 Å². The number of hydrogen-bond acceptors (Lipinski definition) is 2. The van der Waals surface area contributed by atoms with Gasteiger partial charge in [-0.3, -0.25) is 0 Å². The van der Waals surface area contributed by atoms with Gasteiger partial charge in [-0.15, -0.1) is 0 Å². The minimum absolute atomic E-state index is 0.685. The van der Waals surface area contributed by atoms with Crippen LogP contribution >= 0.6 is 0 Å². The predicted molar refractivity (Wildman–Crippen MR) is 66.6 cm³/mol. The summed E-state index contributed by atoms with van der Waals surface area (Å²) in [6.45, 7) is 3.26. The van der Waals surface area contributed by atoms with Crippen LogP contribution in [0.15, 0.2) is 24.3 Å². The number of methoxy groups -OCH3 is 1. The third-order valence-corrected chi connectivity index (χ3v) is 3.61. The summed E-state index contributed by atoms with van der Waals surface area (Å²) in [6, 6.07) is 8.92. The molecule has 0 heterocycles. The van der Waals surface area contributed by atoms with Crippen molar-refractivity contribution in [3.05, 3.63) is 29.8 Å². The molecule has 88 valence electrons. The van der Waals surface area contributed by atoms with Crippen molar-refractivity contribution in [3.63, 3.8) is 0 Å². The highest BCUT2D eigenvalue weighted by atomic mass is 16.5. The summed E-state index contributed by atoms with van der Waals surface area (Å²) >= 11 is 0. The van der Waals surface area contributed by atoms with Crippen LogP contribution in [0, 0.1) is 5.92 Å². The summed E-state index contributed by atoms with van der Waals surface area (Å²) in [4.78, 5) is 0. The van der Waals surface area contributed by atoms with Crippen LogP contribution in [0.25, 0.3) is 0 Å². The van der Waals surface area contributed by atoms with Crippen molar-refractivity contribution < 1.29 is 4.74 Å². The number of rotatable bonds is 4. The number of ether oxygens (including phenoxy) is 1. The summed E-state index contributed by atoms with van der Waals surface area (Å²) in [6.07, 6.45) is 4.05. The van der Waals surface area contributed by atoms with Gasteiger partial charge in [-0.1, -0.05) is 31.5 Å². The van der Waals surface area contributed by atoms with Crippen LogP contribution in [0.4, 0.5) is 0 Å². The highest BCUT2D eigenvalue weighted by molar-refractivity contribution is 5.33. The molecule has 2 heteroatoms. The Labute approximate surface area is 98.0 Å². The minimum Gasteiger partial charge on any atom is -0.496 e. The van der Waals surface area contributed by atoms with Gasteiger partial charge in [-0.2, -0.15) is 0 Å². The van der Waals surface area contributed by atoms with Gasteiger partial charge in [0.05, 0.1) is 7.11 Å². The van der Waals surface area contributed by atoms with Gasteiger partial charge in [-0.25, -0.2) is 0 Å². The molecule has 16 heavy (non-hydrogen) atoms. The van der Waals surface area contributed by atoms with Gasteiger partial charge in [0.1, 0.15) is 5.75 Å². The summed E-state index contributed by atoms with van der Waals surface area (Å²) in [5.41, 5.74) is 1.25. The van der Waals surface area contributed by atoms with E-state index in [4.69, 9.17) is 4.74 Å². The maximum absolute atomic E-state index is 5.35. The van der Waals surface area contributed by atoms with Crippen LogP contribution in [-0.2, 0) is 6.54 Å². The van der Waals surface area contributed by atoms with Gasteiger partial charge in [0.15, 0.2) is 0 Å². The van der Waals surface area contributed by atoms with E-state index < -0.39 is 0 Å². The van der Waals surface area contributed by atoms with Gasteiger partial charge >= 0.3 is 0 Å². The van der Waals surface area contributed by atoms with Crippen molar-refractivity contribution in [2.75, 3.05) is 7.11 Å². The van der Waals surface area contributed by atoms with Gasteiger partial charge < -0.3 is 10.1 Å². The molecule has 0 spiro atoms. The smallest absolute Gasteiger partial charge is 0.123 e. The second kappa shape index (κ2) is 5.35. The Morgan fingerprint density at radius 2 is 2.12 bits per heavy atom. The first kappa shape index (κ1) is 11.5. The molecule has 2 rings (SSSR count). The average Bonchev–Trinajstić information content (AvgIpc) is 2.72. The molecule has 2 unspecified atom stereocenters. The Morgan fingerprint density at radius 3 is 2.81 bits per heavy atom. The summed E-state index contributed by atoms with van der Waals surface area (Å²) < 4.78 is 5.35. The zero-order chi connectivity index (χ0) is 11.4. The molecular weight excluding hydrogens is 198 g/mol. The van der Waals surface area contributed by atoms with E-state index in [-0.39, 0.29) is 0 Å². The van der Waals surface area contributed by atoms with Crippen molar-refractivity contribution in [2.24, 2.45) is 5.92 Å². The number of hydrogen-bond donors (Lipinski definition) is 1. The van der Waals surface area contributed by atoms with E-state index in [1.807, 2.05) is 12.1 Å². The van der Waals surface area contributed by atoms with Crippen molar-refractivity contribution in [2.45, 2.75) is 38.8 Å². The highest BCUT2D eigenvalue weighted by Gasteiger charge is 2.22. The Hall–Kier alpha value is -1.02. The topological polar surface area (TPSA) is 21.3 Å². The summed E-state index contributed by atoms with van der Waals surface area (Å²) in [5, 5.41) is 3.64. The van der Waals surface area contributed by atoms with Crippen molar-refractivity contribution >= 4 is 0 Å². The van der Waals surface area contributed by atoms with Gasteiger partial charge in [-0.05, 0) is 24.8 Å². The van der Waals surface area contributed by atoms with E-state index in [0.29, 0.717) is 6.04 Å². The molecule has 1 saturated carbocycles. The van der Waals surface area contributed by atoms with Gasteiger partial charge in [0.25, 0.3) is 0 Å². The molecule has 1 aliphatic rings. The second-order valence-electron chi connectivity index (χ2n) is 4.71. The van der Waals surface area contributed by atoms with Crippen LogP contribution in [-0.4, -0.2) is 13.2 Å². The number of nitrogens with one attached hydrogen (secondary N) is 1. The van der Waals surface area contributed by atoms with Gasteiger partial charge in [0, 0.05) is 18.2 Å². The molecule has 1 N–H and O–H groups in total. The minimum atomic E-state index is 0.685. The zero-order valence-electron chi connectivity index (χ0n) is 10.2. The lowest BCUT2D eigenvalue weighted by Crippen LogP contribution is -2.30. The molecule has 0 amide bonds. The lowest BCUT2D eigenvalue weighted by molar-refractivity contribution is 0.395. The molecule has 2 nitrogen and oxygen atoms in total. The Kier molecular flexibility index (Phi) is 3.83. The Bertz CT molecular complexity index is 337. The molecule has 1 aromatic carbocycles. The number of para-hydroxylation sites is 1. The quantitative estimate of drug-likeness (QED) is 0.840. The molecule has 2 atom stereocenters. The van der Waals surface area contributed by atoms with E-state index in [1.165, 1.54) is 24.8 Å². The van der Waals surface area contributed by atoms with E-state index >= 15 is 0 Å². The van der Waals surface area contributed by atoms with Crippen molar-refractivity contribution in [3.8, 4) is 5.75 Å². The molecule has 0 saturated heterocycles. The molecule has 0 bridgehead atoms. The van der Waals surface area contributed by atoms with E-state index in [0.717, 1.165) is 18.2 Å². The van der Waals surface area contributed by atoms with Crippen LogP contribution in [0.2, 0.25) is 0 Å². The Morgan fingerprint density at radius 1 is 1.31 bits per heavy atom. The number of benzene rings is 1. The first-order chi connectivity index (χ1) is 7.81. The van der Waals surface area contributed by atoms with Gasteiger partial charge in [0.2, 0.25) is 0 Å². The van der Waals surface area contributed by atoms with Crippen LogP contribution in [0.1, 0.15) is 31.7 Å². The monoisotopic (exact) mass is 219 g/mol. The lowest BCUT2D eigenvalue weighted by atomic mass is 10.1. The first-order valence-electron chi connectivity index (χ1n) is 6.16. The molecule has 1 aliphatic carbocycles. The lowest BCUT2D eigenvalue weighted by Gasteiger charge is -2.18. The van der Waals surface area contributed by atoms with Crippen molar-refractivity contribution in [1.29, 1.82) is 0 Å². The standard InChI is InChI=1S/C14H21NO/c1-11-6-5-8-13(11)15-10-12-7-3-4-9-14(12)16-2/h3-4,7,9,11,13,15H,5-6,8,10H2,1-2H3. The maximum Gasteiger partial charge on any atom is 0.123 e. The third-order valence-electron chi connectivity index (χ3n) is 3.61. The average molecular weight is 219 g/mol. The predicted octanol–water partition coefficient (Wildman–Crippen LogP) is 2.97. The molecule has 1 aromatic rings. The first-order valence-corrected chi connectivity index (χ1v) is 6.16. The van der Waals surface area contributed by atoms with Crippen molar-refractivity contribution in [1.82, 2.24) is 5.32 Å². The fraction of sp³-hybridized carbons (Fsp3) is 0.571. The molecule has 0 radical (unpaired) electrons. The fourth-order valence-electron chi connectivity index (χ4n) is 2.54. The fourth-order valence-corrected chi connectivity index (χ4v) is 2.54. The van der Waals surface area contributed by atoms with Crippen LogP contribution in [0.3, 0.4) is 0 Å². The molecule has 1 fully saturated rings. The maximum atomic E-state index is 5.35. The van der Waals surface area contributed by atoms with Crippen LogP contribution < -0.4 is 10.1 Å². The molecule has 0 aromatic heterocycles. The summed E-state index contributed by atoms with van der Waals surface area (Å²) in [5.74, 6) is 1.80. The normalized spacial score (nSPS) is 24.6.